The van der Waals surface area contributed by atoms with Gasteiger partial charge in [0.2, 0.25) is 5.91 Å². The molecule has 0 bridgehead atoms. The second-order valence-electron chi connectivity index (χ2n) is 7.30. The molecule has 30 heavy (non-hydrogen) atoms. The third-order valence-corrected chi connectivity index (χ3v) is 6.09. The van der Waals surface area contributed by atoms with Crippen LogP contribution in [-0.4, -0.2) is 22.2 Å². The van der Waals surface area contributed by atoms with Gasteiger partial charge in [-0.25, -0.2) is 0 Å². The van der Waals surface area contributed by atoms with E-state index >= 15 is 0 Å². The number of aromatic nitrogens is 2. The Labute approximate surface area is 181 Å². The molecule has 0 spiro atoms. The third-order valence-electron chi connectivity index (χ3n) is 5.19. The number of amides is 1. The summed E-state index contributed by atoms with van der Waals surface area (Å²) in [5.74, 6) is 0.0975. The second kappa shape index (κ2) is 9.55. The fraction of sp³-hybridized carbons (Fsp3) is 0.200. The smallest absolute Gasteiger partial charge is 0.221 e. The first-order valence-corrected chi connectivity index (χ1v) is 11.0. The highest BCUT2D eigenvalue weighted by molar-refractivity contribution is 7.13. The number of nitrogens with zero attached hydrogens (tertiary/aromatic N) is 2. The number of rotatable bonds is 8. The van der Waals surface area contributed by atoms with E-state index in [0.29, 0.717) is 19.5 Å². The molecule has 4 nitrogen and oxygen atoms in total. The summed E-state index contributed by atoms with van der Waals surface area (Å²) in [5, 5.41) is 9.81. The summed E-state index contributed by atoms with van der Waals surface area (Å²) in [4.78, 5) is 13.9. The Hall–Kier alpha value is -3.18. The normalized spacial score (nSPS) is 11.0. The van der Waals surface area contributed by atoms with Crippen LogP contribution in [0.25, 0.3) is 10.6 Å². The topological polar surface area (TPSA) is 46.9 Å². The molecule has 4 rings (SSSR count). The first-order chi connectivity index (χ1) is 14.7. The lowest BCUT2D eigenvalue weighted by Crippen LogP contribution is -2.29. The van der Waals surface area contributed by atoms with Gasteiger partial charge < -0.3 is 5.32 Å². The first kappa shape index (κ1) is 20.1. The Balaban J connectivity index is 1.38. The van der Waals surface area contributed by atoms with E-state index in [-0.39, 0.29) is 11.8 Å². The molecule has 0 saturated carbocycles. The van der Waals surface area contributed by atoms with Gasteiger partial charge in [0.1, 0.15) is 5.69 Å². The highest BCUT2D eigenvalue weighted by Crippen LogP contribution is 2.28. The van der Waals surface area contributed by atoms with Gasteiger partial charge in [-0.3, -0.25) is 9.48 Å². The molecule has 2 aromatic heterocycles. The molecule has 0 atom stereocenters. The van der Waals surface area contributed by atoms with Crippen molar-refractivity contribution in [1.29, 1.82) is 0 Å². The zero-order chi connectivity index (χ0) is 20.8. The van der Waals surface area contributed by atoms with E-state index < -0.39 is 0 Å². The third kappa shape index (κ3) is 4.86. The summed E-state index contributed by atoms with van der Waals surface area (Å²) in [7, 11) is 0. The molecular formula is C25H25N3OS. The Morgan fingerprint density at radius 3 is 2.27 bits per heavy atom. The van der Waals surface area contributed by atoms with E-state index in [0.717, 1.165) is 27.4 Å². The zero-order valence-corrected chi connectivity index (χ0v) is 17.8. The van der Waals surface area contributed by atoms with Crippen LogP contribution < -0.4 is 5.32 Å². The fourth-order valence-electron chi connectivity index (χ4n) is 3.64. The van der Waals surface area contributed by atoms with Crippen molar-refractivity contribution in [3.05, 3.63) is 101 Å². The van der Waals surface area contributed by atoms with Crippen molar-refractivity contribution >= 4 is 17.2 Å². The van der Waals surface area contributed by atoms with Crippen molar-refractivity contribution in [3.63, 3.8) is 0 Å². The molecule has 0 fully saturated rings. The molecule has 1 amide bonds. The number of carbonyl (C=O) groups is 1. The Morgan fingerprint density at radius 2 is 1.67 bits per heavy atom. The number of benzene rings is 2. The van der Waals surface area contributed by atoms with Crippen molar-refractivity contribution in [2.75, 3.05) is 6.54 Å². The van der Waals surface area contributed by atoms with Gasteiger partial charge in [0.25, 0.3) is 0 Å². The minimum Gasteiger partial charge on any atom is -0.354 e. The van der Waals surface area contributed by atoms with Crippen molar-refractivity contribution < 1.29 is 4.79 Å². The van der Waals surface area contributed by atoms with Gasteiger partial charge in [-0.05, 0) is 35.6 Å². The standard InChI is InChI=1S/C25H25N3OS/c1-19-17-23(24-13-8-16-30-24)27-28(19)15-14-26-25(29)18-22(20-9-4-2-5-10-20)21-11-6-3-7-12-21/h2-13,16-17,22H,14-15,18H2,1H3,(H,26,29). The van der Waals surface area contributed by atoms with Gasteiger partial charge in [-0.2, -0.15) is 5.10 Å². The van der Waals surface area contributed by atoms with E-state index in [9.17, 15) is 4.79 Å². The van der Waals surface area contributed by atoms with Crippen LogP contribution in [0.1, 0.15) is 29.2 Å². The molecule has 4 aromatic rings. The molecular weight excluding hydrogens is 390 g/mol. The van der Waals surface area contributed by atoms with Crippen molar-refractivity contribution in [2.45, 2.75) is 25.8 Å². The number of carbonyl (C=O) groups excluding carboxylic acids is 1. The molecule has 5 heteroatoms. The maximum Gasteiger partial charge on any atom is 0.221 e. The quantitative estimate of drug-likeness (QED) is 0.427. The second-order valence-corrected chi connectivity index (χ2v) is 8.25. The minimum absolute atomic E-state index is 0.0456. The molecule has 2 heterocycles. The molecule has 0 aliphatic rings. The van der Waals surface area contributed by atoms with Gasteiger partial charge in [-0.1, -0.05) is 66.7 Å². The molecule has 152 valence electrons. The van der Waals surface area contributed by atoms with E-state index in [4.69, 9.17) is 0 Å². The SMILES string of the molecule is Cc1cc(-c2cccs2)nn1CCNC(=O)CC(c1ccccc1)c1ccccc1. The Morgan fingerprint density at radius 1 is 1.00 bits per heavy atom. The number of thiophene rings is 1. The van der Waals surface area contributed by atoms with E-state index in [2.05, 4.69) is 52.2 Å². The predicted octanol–water partition coefficient (Wildman–Crippen LogP) is 5.26. The van der Waals surface area contributed by atoms with Crippen molar-refractivity contribution in [1.82, 2.24) is 15.1 Å². The number of hydrogen-bond acceptors (Lipinski definition) is 3. The lowest BCUT2D eigenvalue weighted by atomic mass is 9.88. The summed E-state index contributed by atoms with van der Waals surface area (Å²) in [6.45, 7) is 3.26. The number of nitrogens with one attached hydrogen (secondary N) is 1. The lowest BCUT2D eigenvalue weighted by molar-refractivity contribution is -0.121. The number of hydrogen-bond donors (Lipinski definition) is 1. The van der Waals surface area contributed by atoms with Crippen LogP contribution in [0.4, 0.5) is 0 Å². The summed E-state index contributed by atoms with van der Waals surface area (Å²) < 4.78 is 1.96. The Bertz CT molecular complexity index is 1030. The van der Waals surface area contributed by atoms with Crippen molar-refractivity contribution in [2.24, 2.45) is 0 Å². The predicted molar refractivity (Wildman–Crippen MR) is 123 cm³/mol. The van der Waals surface area contributed by atoms with Crippen molar-refractivity contribution in [3.8, 4) is 10.6 Å². The fourth-order valence-corrected chi connectivity index (χ4v) is 4.32. The van der Waals surface area contributed by atoms with Crippen LogP contribution in [-0.2, 0) is 11.3 Å². The summed E-state index contributed by atoms with van der Waals surface area (Å²) in [6.07, 6.45) is 0.423. The van der Waals surface area contributed by atoms with E-state index in [1.54, 1.807) is 11.3 Å². The average Bonchev–Trinajstić information content (AvgIpc) is 3.43. The van der Waals surface area contributed by atoms with E-state index in [1.807, 2.05) is 54.1 Å². The summed E-state index contributed by atoms with van der Waals surface area (Å²) in [6, 6.07) is 26.6. The maximum atomic E-state index is 12.7. The van der Waals surface area contributed by atoms with Gasteiger partial charge >= 0.3 is 0 Å². The first-order valence-electron chi connectivity index (χ1n) is 10.2. The van der Waals surface area contributed by atoms with Crippen LogP contribution in [0.5, 0.6) is 0 Å². The van der Waals surface area contributed by atoms with Crippen LogP contribution in [0.15, 0.2) is 84.2 Å². The summed E-state index contributed by atoms with van der Waals surface area (Å²) >= 11 is 1.68. The van der Waals surface area contributed by atoms with Crippen LogP contribution >= 0.6 is 11.3 Å². The highest BCUT2D eigenvalue weighted by atomic mass is 32.1. The molecule has 0 saturated heterocycles. The minimum atomic E-state index is 0.0456. The van der Waals surface area contributed by atoms with Gasteiger partial charge in [-0.15, -0.1) is 11.3 Å². The average molecular weight is 416 g/mol. The van der Waals surface area contributed by atoms with Gasteiger partial charge in [0.15, 0.2) is 0 Å². The molecule has 0 radical (unpaired) electrons. The van der Waals surface area contributed by atoms with Gasteiger partial charge in [0.05, 0.1) is 11.4 Å². The van der Waals surface area contributed by atoms with E-state index in [1.165, 1.54) is 0 Å². The largest absolute Gasteiger partial charge is 0.354 e. The summed E-state index contributed by atoms with van der Waals surface area (Å²) in [5.41, 5.74) is 4.39. The number of aryl methyl sites for hydroxylation is 1. The molecule has 0 aliphatic heterocycles. The van der Waals surface area contributed by atoms with Gasteiger partial charge in [0, 0.05) is 24.6 Å². The lowest BCUT2D eigenvalue weighted by Gasteiger charge is -2.18. The van der Waals surface area contributed by atoms with Crippen LogP contribution in [0.3, 0.4) is 0 Å². The highest BCUT2D eigenvalue weighted by Gasteiger charge is 2.18. The Kier molecular flexibility index (Phi) is 6.40. The molecule has 1 N–H and O–H groups in total. The monoisotopic (exact) mass is 415 g/mol. The van der Waals surface area contributed by atoms with Crippen LogP contribution in [0, 0.1) is 6.92 Å². The van der Waals surface area contributed by atoms with Crippen LogP contribution in [0.2, 0.25) is 0 Å². The molecule has 2 aromatic carbocycles. The zero-order valence-electron chi connectivity index (χ0n) is 17.0. The molecule has 0 aliphatic carbocycles. The molecule has 0 unspecified atom stereocenters. The maximum absolute atomic E-state index is 12.7.